The van der Waals surface area contributed by atoms with E-state index in [4.69, 9.17) is 14.2 Å². The highest BCUT2D eigenvalue weighted by molar-refractivity contribution is 6.05. The first-order valence-corrected chi connectivity index (χ1v) is 9.29. The summed E-state index contributed by atoms with van der Waals surface area (Å²) >= 11 is 0. The van der Waals surface area contributed by atoms with E-state index in [9.17, 15) is 19.2 Å². The first-order valence-electron chi connectivity index (χ1n) is 9.29. The number of carbonyl (C=O) groups is 3. The average molecular weight is 423 g/mol. The van der Waals surface area contributed by atoms with Gasteiger partial charge in [0.15, 0.2) is 18.1 Å². The predicted molar refractivity (Wildman–Crippen MR) is 109 cm³/mol. The van der Waals surface area contributed by atoms with Crippen molar-refractivity contribution in [3.63, 3.8) is 0 Å². The summed E-state index contributed by atoms with van der Waals surface area (Å²) < 4.78 is 15.8. The van der Waals surface area contributed by atoms with Gasteiger partial charge in [0.05, 0.1) is 5.56 Å². The van der Waals surface area contributed by atoms with E-state index in [-0.39, 0.29) is 5.56 Å². The molecule has 158 valence electrons. The van der Waals surface area contributed by atoms with Gasteiger partial charge in [-0.15, -0.1) is 0 Å². The second-order valence-corrected chi connectivity index (χ2v) is 6.53. The number of aromatic amines is 1. The third kappa shape index (κ3) is 4.64. The number of fused-ring (bicyclic) bond motifs is 2. The van der Waals surface area contributed by atoms with Gasteiger partial charge in [-0.3, -0.25) is 14.9 Å². The van der Waals surface area contributed by atoms with E-state index in [1.165, 1.54) is 0 Å². The third-order valence-corrected chi connectivity index (χ3v) is 4.36. The minimum atomic E-state index is -0.857. The summed E-state index contributed by atoms with van der Waals surface area (Å²) in [6.07, 6.45) is 0. The van der Waals surface area contributed by atoms with Crippen molar-refractivity contribution in [3.8, 4) is 11.5 Å². The van der Waals surface area contributed by atoms with E-state index in [0.29, 0.717) is 41.3 Å². The number of hydrogen-bond acceptors (Lipinski definition) is 7. The molecule has 31 heavy (non-hydrogen) atoms. The van der Waals surface area contributed by atoms with Crippen molar-refractivity contribution in [3.05, 3.63) is 64.4 Å². The largest absolute Gasteiger partial charge is 0.486 e. The van der Waals surface area contributed by atoms with Crippen molar-refractivity contribution in [2.24, 2.45) is 0 Å². The Morgan fingerprint density at radius 1 is 1.00 bits per heavy atom. The van der Waals surface area contributed by atoms with Crippen LogP contribution >= 0.6 is 0 Å². The Kier molecular flexibility index (Phi) is 5.52. The summed E-state index contributed by atoms with van der Waals surface area (Å²) in [6.45, 7) is 0.143. The van der Waals surface area contributed by atoms with Gasteiger partial charge in [-0.05, 0) is 18.2 Å². The van der Waals surface area contributed by atoms with Crippen molar-refractivity contribution in [2.45, 2.75) is 0 Å². The number of nitrogens with one attached hydrogen (secondary N) is 3. The summed E-state index contributed by atoms with van der Waals surface area (Å²) in [4.78, 5) is 50.7. The van der Waals surface area contributed by atoms with Gasteiger partial charge in [-0.2, -0.15) is 0 Å². The third-order valence-electron chi connectivity index (χ3n) is 4.36. The molecule has 0 aliphatic carbocycles. The maximum atomic E-state index is 12.3. The van der Waals surface area contributed by atoms with Crippen LogP contribution in [-0.2, 0) is 9.53 Å². The second-order valence-electron chi connectivity index (χ2n) is 6.53. The number of esters is 1. The zero-order valence-corrected chi connectivity index (χ0v) is 16.1. The van der Waals surface area contributed by atoms with Crippen LogP contribution in [0.15, 0.2) is 53.3 Å². The number of H-pyrrole nitrogens is 1. The maximum Gasteiger partial charge on any atom is 0.339 e. The lowest BCUT2D eigenvalue weighted by Crippen LogP contribution is -2.37. The lowest BCUT2D eigenvalue weighted by molar-refractivity contribution is -0.123. The minimum absolute atomic E-state index is 0.0212. The molecule has 3 N–H and O–H groups in total. The zero-order chi connectivity index (χ0) is 21.8. The smallest absolute Gasteiger partial charge is 0.339 e. The van der Waals surface area contributed by atoms with Gasteiger partial charge in [0.25, 0.3) is 5.91 Å². The van der Waals surface area contributed by atoms with Crippen LogP contribution in [0.1, 0.15) is 10.4 Å². The topological polar surface area (TPSA) is 136 Å². The quantitative estimate of drug-likeness (QED) is 0.545. The highest BCUT2D eigenvalue weighted by Gasteiger charge is 2.17. The second kappa shape index (κ2) is 8.57. The van der Waals surface area contributed by atoms with Gasteiger partial charge < -0.3 is 24.5 Å². The van der Waals surface area contributed by atoms with E-state index < -0.39 is 30.1 Å². The molecule has 0 radical (unpaired) electrons. The predicted octanol–water partition coefficient (Wildman–Crippen LogP) is 1.80. The van der Waals surface area contributed by atoms with Crippen molar-refractivity contribution in [1.82, 2.24) is 10.3 Å². The monoisotopic (exact) mass is 423 g/mol. The minimum Gasteiger partial charge on any atom is -0.486 e. The van der Waals surface area contributed by atoms with Gasteiger partial charge in [-0.25, -0.2) is 9.59 Å². The molecule has 1 aromatic heterocycles. The fourth-order valence-corrected chi connectivity index (χ4v) is 3.03. The van der Waals surface area contributed by atoms with Crippen LogP contribution in [-0.4, -0.2) is 42.7 Å². The molecule has 0 saturated heterocycles. The summed E-state index contributed by atoms with van der Waals surface area (Å²) in [6, 6.07) is 11.8. The van der Waals surface area contributed by atoms with Gasteiger partial charge in [-0.1, -0.05) is 18.2 Å². The summed E-state index contributed by atoms with van der Waals surface area (Å²) in [7, 11) is 0. The Balaban J connectivity index is 1.34. The molecule has 0 bridgehead atoms. The molecule has 2 heterocycles. The normalized spacial score (nSPS) is 12.1. The number of anilines is 1. The summed E-state index contributed by atoms with van der Waals surface area (Å²) in [5, 5.41) is 5.02. The van der Waals surface area contributed by atoms with E-state index in [1.54, 1.807) is 42.5 Å². The van der Waals surface area contributed by atoms with Crippen LogP contribution in [0.25, 0.3) is 10.9 Å². The number of carbonyl (C=O) groups excluding carboxylic acids is 3. The molecular formula is C21H17N3O7. The fraction of sp³-hybridized carbons (Fsp3) is 0.143. The van der Waals surface area contributed by atoms with Gasteiger partial charge >= 0.3 is 12.0 Å². The summed E-state index contributed by atoms with van der Waals surface area (Å²) in [5.41, 5.74) is 0.397. The number of ether oxygens (including phenoxy) is 3. The van der Waals surface area contributed by atoms with Crippen molar-refractivity contribution < 1.29 is 28.6 Å². The van der Waals surface area contributed by atoms with Gasteiger partial charge in [0.1, 0.15) is 13.2 Å². The molecule has 0 fully saturated rings. The number of benzene rings is 2. The Morgan fingerprint density at radius 3 is 2.61 bits per heavy atom. The Hall–Kier alpha value is -4.34. The first-order chi connectivity index (χ1) is 15.0. The summed E-state index contributed by atoms with van der Waals surface area (Å²) in [5.74, 6) is -0.649. The number of hydrogen-bond donors (Lipinski definition) is 3. The molecule has 3 amide bonds. The van der Waals surface area contributed by atoms with Gasteiger partial charge in [0.2, 0.25) is 5.56 Å². The van der Waals surface area contributed by atoms with E-state index in [2.05, 4.69) is 15.6 Å². The maximum absolute atomic E-state index is 12.3. The number of rotatable bonds is 4. The molecule has 10 heteroatoms. The van der Waals surface area contributed by atoms with Crippen molar-refractivity contribution >= 4 is 34.5 Å². The number of pyridine rings is 1. The van der Waals surface area contributed by atoms with Crippen LogP contribution in [0.5, 0.6) is 11.5 Å². The molecule has 0 saturated carbocycles. The molecule has 2 aromatic carbocycles. The van der Waals surface area contributed by atoms with Crippen LogP contribution in [0, 0.1) is 0 Å². The SMILES string of the molecule is O=C(COC(=O)c1cc(=O)[nH]c2ccccc12)NC(=O)Nc1ccc2c(c1)OCCO2. The fourth-order valence-electron chi connectivity index (χ4n) is 3.03. The molecule has 4 rings (SSSR count). The standard InChI is InChI=1S/C21H17N3O7/c25-18-10-14(13-3-1-2-4-15(13)23-18)20(27)31-11-19(26)24-21(28)22-12-5-6-16-17(9-12)30-8-7-29-16/h1-6,9-10H,7-8,11H2,(H,23,25)(H2,22,24,26,28). The highest BCUT2D eigenvalue weighted by Crippen LogP contribution is 2.32. The Bertz CT molecular complexity index is 1240. The molecule has 1 aliphatic rings. The first kappa shape index (κ1) is 20.0. The van der Waals surface area contributed by atoms with Crippen LogP contribution in [0.4, 0.5) is 10.5 Å². The number of urea groups is 1. The molecule has 1 aliphatic heterocycles. The lowest BCUT2D eigenvalue weighted by atomic mass is 10.1. The van der Waals surface area contributed by atoms with Crippen molar-refractivity contribution in [2.75, 3.05) is 25.1 Å². The molecule has 0 atom stereocenters. The molecular weight excluding hydrogens is 406 g/mol. The van der Waals surface area contributed by atoms with E-state index in [1.807, 2.05) is 0 Å². The van der Waals surface area contributed by atoms with Gasteiger partial charge in [0, 0.05) is 28.7 Å². The molecule has 0 unspecified atom stereocenters. The number of amides is 3. The van der Waals surface area contributed by atoms with E-state index >= 15 is 0 Å². The Labute approximate surface area is 175 Å². The lowest BCUT2D eigenvalue weighted by Gasteiger charge is -2.19. The zero-order valence-electron chi connectivity index (χ0n) is 16.1. The number of aromatic nitrogens is 1. The Morgan fingerprint density at radius 2 is 1.77 bits per heavy atom. The van der Waals surface area contributed by atoms with Crippen molar-refractivity contribution in [1.29, 1.82) is 0 Å². The molecule has 0 spiro atoms. The van der Waals surface area contributed by atoms with E-state index in [0.717, 1.165) is 6.07 Å². The molecule has 3 aromatic rings. The number of para-hydroxylation sites is 1. The van der Waals surface area contributed by atoms with Crippen LogP contribution in [0.3, 0.4) is 0 Å². The van der Waals surface area contributed by atoms with Crippen LogP contribution < -0.4 is 25.7 Å². The number of imide groups is 1. The van der Waals surface area contributed by atoms with Crippen LogP contribution in [0.2, 0.25) is 0 Å². The average Bonchev–Trinajstić information content (AvgIpc) is 2.76. The highest BCUT2D eigenvalue weighted by atomic mass is 16.6. The molecule has 10 nitrogen and oxygen atoms in total.